The van der Waals surface area contributed by atoms with Crippen LogP contribution in [0.2, 0.25) is 0 Å². The van der Waals surface area contributed by atoms with E-state index in [0.717, 1.165) is 4.57 Å². The van der Waals surface area contributed by atoms with Crippen molar-refractivity contribution in [2.45, 2.75) is 38.1 Å². The smallest absolute Gasteiger partial charge is 0.351 e. The van der Waals surface area contributed by atoms with Gasteiger partial charge in [-0.15, -0.1) is 22.6 Å². The van der Waals surface area contributed by atoms with Crippen molar-refractivity contribution in [2.24, 2.45) is 5.73 Å². The number of aromatic nitrogens is 3. The first kappa shape index (κ1) is 26.4. The number of hydrogen-bond acceptors (Lipinski definition) is 5. The summed E-state index contributed by atoms with van der Waals surface area (Å²) in [5, 5.41) is 9.02. The predicted octanol–water partition coefficient (Wildman–Crippen LogP) is 1.55. The number of nitrogens with two attached hydrogens (primary N) is 1. The molecule has 0 spiro atoms. The first-order valence-corrected chi connectivity index (χ1v) is 9.39. The first-order valence-electron chi connectivity index (χ1n) is 9.39. The maximum Gasteiger partial charge on any atom is 0.451 e. The number of nitrogens with zero attached hydrogens (tertiary/aromatic N) is 4. The number of rotatable bonds is 6. The second kappa shape index (κ2) is 10.4. The normalized spacial score (nSPS) is 14.3. The lowest BCUT2D eigenvalue weighted by atomic mass is 10.0. The van der Waals surface area contributed by atoms with E-state index in [2.05, 4.69) is 15.5 Å². The van der Waals surface area contributed by atoms with Crippen molar-refractivity contribution in [3.05, 3.63) is 46.8 Å². The highest BCUT2D eigenvalue weighted by Gasteiger charge is 2.40. The molecule has 182 valence electrons. The average Bonchev–Trinajstić information content (AvgIpc) is 3.15. The third-order valence-corrected chi connectivity index (χ3v) is 4.89. The number of amides is 2. The quantitative estimate of drug-likeness (QED) is 0.462. The largest absolute Gasteiger partial charge is 0.451 e. The highest BCUT2D eigenvalue weighted by atomic mass is 35.5. The third kappa shape index (κ3) is 6.13. The Morgan fingerprint density at radius 1 is 1.09 bits per heavy atom. The zero-order chi connectivity index (χ0) is 23.6. The van der Waals surface area contributed by atoms with Gasteiger partial charge in [0.1, 0.15) is 5.82 Å². The zero-order valence-corrected chi connectivity index (χ0v) is 17.6. The van der Waals surface area contributed by atoms with E-state index in [4.69, 9.17) is 5.73 Å². The molecule has 33 heavy (non-hydrogen) atoms. The molecule has 0 radical (unpaired) electrons. The molecular weight excluding hydrogens is 482 g/mol. The van der Waals surface area contributed by atoms with Crippen LogP contribution >= 0.6 is 12.4 Å². The summed E-state index contributed by atoms with van der Waals surface area (Å²) in [4.78, 5) is 25.7. The summed E-state index contributed by atoms with van der Waals surface area (Å²) in [6, 6.07) is -0.0496. The number of alkyl halides is 3. The van der Waals surface area contributed by atoms with E-state index >= 15 is 0 Å². The van der Waals surface area contributed by atoms with Gasteiger partial charge in [0.05, 0.1) is 13.1 Å². The van der Waals surface area contributed by atoms with E-state index in [1.54, 1.807) is 0 Å². The van der Waals surface area contributed by atoms with Gasteiger partial charge in [0.2, 0.25) is 17.6 Å². The molecule has 1 aromatic heterocycles. The molecular formula is C18H19ClF6N6O2. The molecule has 0 bridgehead atoms. The molecule has 0 aliphatic carbocycles. The molecule has 1 unspecified atom stereocenters. The van der Waals surface area contributed by atoms with Crippen LogP contribution in [0.25, 0.3) is 0 Å². The number of halogens is 7. The Labute approximate surface area is 189 Å². The molecule has 2 aromatic rings. The lowest BCUT2D eigenvalue weighted by Gasteiger charge is -2.29. The Kier molecular flexibility index (Phi) is 8.30. The van der Waals surface area contributed by atoms with Crippen molar-refractivity contribution >= 4 is 24.2 Å². The average molecular weight is 501 g/mol. The van der Waals surface area contributed by atoms with Crippen LogP contribution in [0.3, 0.4) is 0 Å². The Balaban J connectivity index is 0.00000385. The van der Waals surface area contributed by atoms with Gasteiger partial charge in [0, 0.05) is 31.6 Å². The molecule has 1 atom stereocenters. The fourth-order valence-corrected chi connectivity index (χ4v) is 3.37. The van der Waals surface area contributed by atoms with Crippen LogP contribution in [0.4, 0.5) is 26.3 Å². The summed E-state index contributed by atoms with van der Waals surface area (Å²) in [6.45, 7) is -0.957. The van der Waals surface area contributed by atoms with Gasteiger partial charge in [-0.1, -0.05) is 0 Å². The number of carbonyl (C=O) groups excluding carboxylic acids is 2. The van der Waals surface area contributed by atoms with Crippen LogP contribution in [0.5, 0.6) is 0 Å². The van der Waals surface area contributed by atoms with Gasteiger partial charge >= 0.3 is 6.18 Å². The lowest BCUT2D eigenvalue weighted by Crippen LogP contribution is -2.45. The SMILES string of the molecule is Cl.NCC(=O)NC(CC(=O)N1CCn2c(nnc2C(F)(F)F)C1)Cc1cc(F)c(F)cc1F. The van der Waals surface area contributed by atoms with Crippen LogP contribution in [0.15, 0.2) is 12.1 Å². The Hall–Kier alpha value is -2.87. The van der Waals surface area contributed by atoms with Gasteiger partial charge in [0.25, 0.3) is 0 Å². The van der Waals surface area contributed by atoms with E-state index in [9.17, 15) is 35.9 Å². The minimum atomic E-state index is -4.69. The first-order chi connectivity index (χ1) is 15.0. The minimum Gasteiger partial charge on any atom is -0.351 e. The van der Waals surface area contributed by atoms with Crippen molar-refractivity contribution in [3.8, 4) is 0 Å². The number of hydrogen-bond donors (Lipinski definition) is 2. The molecule has 0 saturated heterocycles. The molecule has 3 N–H and O–H groups in total. The van der Waals surface area contributed by atoms with Crippen LogP contribution in [-0.2, 0) is 35.3 Å². The van der Waals surface area contributed by atoms with Gasteiger partial charge < -0.3 is 20.5 Å². The van der Waals surface area contributed by atoms with Crippen molar-refractivity contribution in [3.63, 3.8) is 0 Å². The number of nitrogens with one attached hydrogen (secondary N) is 1. The van der Waals surface area contributed by atoms with Gasteiger partial charge in [0.15, 0.2) is 17.5 Å². The van der Waals surface area contributed by atoms with Gasteiger partial charge in [-0.05, 0) is 18.1 Å². The van der Waals surface area contributed by atoms with Gasteiger partial charge in [-0.3, -0.25) is 9.59 Å². The molecule has 8 nitrogen and oxygen atoms in total. The highest BCUT2D eigenvalue weighted by Crippen LogP contribution is 2.29. The number of benzene rings is 1. The van der Waals surface area contributed by atoms with Crippen molar-refractivity contribution < 1.29 is 35.9 Å². The monoisotopic (exact) mass is 500 g/mol. The highest BCUT2D eigenvalue weighted by molar-refractivity contribution is 5.85. The molecule has 0 fully saturated rings. The Bertz CT molecular complexity index is 1030. The maximum atomic E-state index is 14.0. The van der Waals surface area contributed by atoms with E-state index in [0.29, 0.717) is 12.1 Å². The molecule has 1 aromatic carbocycles. The predicted molar refractivity (Wildman–Crippen MR) is 103 cm³/mol. The van der Waals surface area contributed by atoms with E-state index in [-0.39, 0.29) is 56.3 Å². The molecule has 3 rings (SSSR count). The molecule has 1 aliphatic rings. The fraction of sp³-hybridized carbons (Fsp3) is 0.444. The van der Waals surface area contributed by atoms with Crippen molar-refractivity contribution in [1.29, 1.82) is 0 Å². The van der Waals surface area contributed by atoms with Crippen LogP contribution in [-0.4, -0.2) is 50.6 Å². The lowest BCUT2D eigenvalue weighted by molar-refractivity contribution is -0.148. The molecule has 0 saturated carbocycles. The van der Waals surface area contributed by atoms with Gasteiger partial charge in [-0.25, -0.2) is 13.2 Å². The standard InChI is InChI=1S/C18H18F6N6O2.ClH/c19-11-6-13(21)12(20)4-9(11)3-10(26-15(31)7-25)5-16(32)29-1-2-30-14(8-29)27-28-17(30)18(22,23)24;/h4,6,10H,1-3,5,7-8,25H2,(H,26,31);1H. The number of fused-ring (bicyclic) bond motifs is 1. The minimum absolute atomic E-state index is 0. The summed E-state index contributed by atoms with van der Waals surface area (Å²) in [5.74, 6) is -6.22. The van der Waals surface area contributed by atoms with Crippen molar-refractivity contribution in [2.75, 3.05) is 13.1 Å². The summed E-state index contributed by atoms with van der Waals surface area (Å²) >= 11 is 0. The summed E-state index contributed by atoms with van der Waals surface area (Å²) in [6.07, 6.45) is -5.42. The molecule has 2 heterocycles. The molecule has 1 aliphatic heterocycles. The maximum absolute atomic E-state index is 14.0. The number of carbonyl (C=O) groups is 2. The summed E-state index contributed by atoms with van der Waals surface area (Å²) in [5.41, 5.74) is 4.98. The fourth-order valence-electron chi connectivity index (χ4n) is 3.37. The van der Waals surface area contributed by atoms with E-state index in [1.807, 2.05) is 0 Å². The zero-order valence-electron chi connectivity index (χ0n) is 16.8. The molecule has 2 amide bonds. The third-order valence-electron chi connectivity index (χ3n) is 4.89. The van der Waals surface area contributed by atoms with E-state index in [1.165, 1.54) is 4.90 Å². The Morgan fingerprint density at radius 2 is 1.76 bits per heavy atom. The summed E-state index contributed by atoms with van der Waals surface area (Å²) < 4.78 is 80.4. The topological polar surface area (TPSA) is 106 Å². The van der Waals surface area contributed by atoms with Crippen LogP contribution < -0.4 is 11.1 Å². The summed E-state index contributed by atoms with van der Waals surface area (Å²) in [7, 11) is 0. The second-order valence-electron chi connectivity index (χ2n) is 7.14. The van der Waals surface area contributed by atoms with Crippen LogP contribution in [0, 0.1) is 17.5 Å². The Morgan fingerprint density at radius 3 is 2.39 bits per heavy atom. The van der Waals surface area contributed by atoms with Gasteiger partial charge in [-0.2, -0.15) is 13.2 Å². The van der Waals surface area contributed by atoms with Crippen LogP contribution in [0.1, 0.15) is 23.6 Å². The van der Waals surface area contributed by atoms with E-state index < -0.39 is 53.9 Å². The second-order valence-corrected chi connectivity index (χ2v) is 7.14. The molecule has 15 heteroatoms. The van der Waals surface area contributed by atoms with Crippen molar-refractivity contribution in [1.82, 2.24) is 25.0 Å².